The third kappa shape index (κ3) is 5.33. The molecule has 0 aromatic heterocycles. The van der Waals surface area contributed by atoms with E-state index in [0.717, 1.165) is 26.2 Å². The number of hydrazone groups is 1. The number of nitrogens with zero attached hydrogens (tertiary/aromatic N) is 2. The van der Waals surface area contributed by atoms with Crippen LogP contribution in [0.4, 0.5) is 5.69 Å². The zero-order valence-corrected chi connectivity index (χ0v) is 20.2. The average molecular weight is 488 g/mol. The number of rotatable bonds is 7. The summed E-state index contributed by atoms with van der Waals surface area (Å²) in [6.45, 7) is 3.29. The van der Waals surface area contributed by atoms with Crippen LogP contribution in [-0.4, -0.2) is 32.2 Å². The third-order valence-electron chi connectivity index (χ3n) is 5.55. The van der Waals surface area contributed by atoms with E-state index < -0.39 is 22.5 Å². The number of carbonyl (C=O) groups is 1. The topological polar surface area (TPSA) is 99.1 Å². The summed E-state index contributed by atoms with van der Waals surface area (Å²) in [6.07, 6.45) is 1.35. The van der Waals surface area contributed by atoms with Gasteiger partial charge in [-0.1, -0.05) is 65.7 Å². The van der Waals surface area contributed by atoms with Crippen molar-refractivity contribution in [2.75, 3.05) is 10.8 Å². The second kappa shape index (κ2) is 9.99. The molecular weight excluding hydrogens is 462 g/mol. The second-order valence-corrected chi connectivity index (χ2v) is 10.0. The highest BCUT2D eigenvalue weighted by Gasteiger charge is 2.27. The van der Waals surface area contributed by atoms with Crippen molar-refractivity contribution in [3.05, 3.63) is 102 Å². The lowest BCUT2D eigenvalue weighted by Gasteiger charge is -2.24. The predicted molar refractivity (Wildman–Crippen MR) is 138 cm³/mol. The minimum Gasteiger partial charge on any atom is -0.507 e. The number of sulfonamides is 1. The Labute approximate surface area is 204 Å². The van der Waals surface area contributed by atoms with Crippen molar-refractivity contribution in [1.29, 1.82) is 0 Å². The summed E-state index contributed by atoms with van der Waals surface area (Å²) in [7, 11) is -4.01. The second-order valence-electron chi connectivity index (χ2n) is 8.17. The van der Waals surface area contributed by atoms with E-state index in [2.05, 4.69) is 10.5 Å². The molecule has 0 aliphatic heterocycles. The molecule has 4 rings (SSSR count). The van der Waals surface area contributed by atoms with Crippen LogP contribution >= 0.6 is 0 Å². The van der Waals surface area contributed by atoms with Gasteiger partial charge in [-0.15, -0.1) is 0 Å². The maximum absolute atomic E-state index is 13.4. The van der Waals surface area contributed by atoms with Crippen LogP contribution in [0.5, 0.6) is 5.75 Å². The van der Waals surface area contributed by atoms with Gasteiger partial charge in [0.15, 0.2) is 0 Å². The van der Waals surface area contributed by atoms with Gasteiger partial charge in [0, 0.05) is 5.56 Å². The largest absolute Gasteiger partial charge is 0.507 e. The Hall–Kier alpha value is -4.17. The number of nitrogens with one attached hydrogen (secondary N) is 1. The Morgan fingerprint density at radius 3 is 2.23 bits per heavy atom. The molecule has 7 nitrogen and oxygen atoms in total. The highest BCUT2D eigenvalue weighted by atomic mass is 32.2. The molecule has 0 fully saturated rings. The summed E-state index contributed by atoms with van der Waals surface area (Å²) in [4.78, 5) is 12.9. The molecule has 0 aliphatic carbocycles. The summed E-state index contributed by atoms with van der Waals surface area (Å²) < 4.78 is 27.9. The molecule has 4 aromatic rings. The molecule has 0 radical (unpaired) electrons. The van der Waals surface area contributed by atoms with Crippen molar-refractivity contribution in [3.8, 4) is 5.75 Å². The first-order valence-electron chi connectivity index (χ1n) is 10.9. The number of fused-ring (bicyclic) bond motifs is 1. The van der Waals surface area contributed by atoms with Crippen molar-refractivity contribution in [1.82, 2.24) is 5.43 Å². The summed E-state index contributed by atoms with van der Waals surface area (Å²) in [5, 5.41) is 15.9. The Morgan fingerprint density at radius 1 is 0.914 bits per heavy atom. The lowest BCUT2D eigenvalue weighted by atomic mass is 10.0. The number of amides is 1. The van der Waals surface area contributed by atoms with Crippen LogP contribution < -0.4 is 9.73 Å². The van der Waals surface area contributed by atoms with Crippen LogP contribution in [0.25, 0.3) is 10.8 Å². The van der Waals surface area contributed by atoms with E-state index in [1.807, 2.05) is 38.1 Å². The molecular formula is C27H25N3O4S. The van der Waals surface area contributed by atoms with Gasteiger partial charge in [-0.3, -0.25) is 9.10 Å². The number of hydrogen-bond donors (Lipinski definition) is 2. The molecule has 0 spiro atoms. The third-order valence-corrected chi connectivity index (χ3v) is 7.34. The van der Waals surface area contributed by atoms with Gasteiger partial charge in [0.05, 0.1) is 16.8 Å². The first-order valence-corrected chi connectivity index (χ1v) is 12.4. The van der Waals surface area contributed by atoms with Gasteiger partial charge in [0.25, 0.3) is 15.9 Å². The molecule has 0 heterocycles. The first-order chi connectivity index (χ1) is 16.8. The Morgan fingerprint density at radius 2 is 1.54 bits per heavy atom. The first kappa shape index (κ1) is 24.0. The highest BCUT2D eigenvalue weighted by Crippen LogP contribution is 2.26. The van der Waals surface area contributed by atoms with Gasteiger partial charge in [-0.2, -0.15) is 5.10 Å². The number of hydrogen-bond acceptors (Lipinski definition) is 5. The van der Waals surface area contributed by atoms with Gasteiger partial charge >= 0.3 is 0 Å². The number of aromatic hydroxyl groups is 1. The maximum atomic E-state index is 13.4. The molecule has 0 aliphatic rings. The minimum atomic E-state index is -4.01. The lowest BCUT2D eigenvalue weighted by molar-refractivity contribution is -0.119. The van der Waals surface area contributed by atoms with Crippen molar-refractivity contribution in [2.45, 2.75) is 18.7 Å². The van der Waals surface area contributed by atoms with Crippen molar-refractivity contribution in [2.24, 2.45) is 5.10 Å². The number of phenols is 1. The van der Waals surface area contributed by atoms with Crippen LogP contribution in [-0.2, 0) is 14.8 Å². The molecule has 35 heavy (non-hydrogen) atoms. The number of carbonyl (C=O) groups excluding carboxylic acids is 1. The number of aryl methyl sites for hydroxylation is 2. The van der Waals surface area contributed by atoms with Crippen molar-refractivity contribution < 1.29 is 18.3 Å². The van der Waals surface area contributed by atoms with Crippen LogP contribution in [0.15, 0.2) is 94.9 Å². The predicted octanol–water partition coefficient (Wildman–Crippen LogP) is 4.51. The smallest absolute Gasteiger partial charge is 0.264 e. The molecule has 0 saturated heterocycles. The van der Waals surface area contributed by atoms with Gasteiger partial charge in [0.2, 0.25) is 0 Å². The Kier molecular flexibility index (Phi) is 6.84. The zero-order chi connectivity index (χ0) is 25.0. The van der Waals surface area contributed by atoms with Gasteiger partial charge in [0.1, 0.15) is 12.3 Å². The van der Waals surface area contributed by atoms with Gasteiger partial charge in [-0.25, -0.2) is 13.8 Å². The fourth-order valence-electron chi connectivity index (χ4n) is 3.62. The van der Waals surface area contributed by atoms with E-state index in [-0.39, 0.29) is 10.6 Å². The van der Waals surface area contributed by atoms with E-state index in [1.165, 1.54) is 18.3 Å². The zero-order valence-electron chi connectivity index (χ0n) is 19.3. The lowest BCUT2D eigenvalue weighted by Crippen LogP contribution is -2.39. The van der Waals surface area contributed by atoms with Crippen LogP contribution in [0, 0.1) is 13.8 Å². The Balaban J connectivity index is 1.59. The Bertz CT molecular complexity index is 1500. The fourth-order valence-corrected chi connectivity index (χ4v) is 5.04. The van der Waals surface area contributed by atoms with E-state index >= 15 is 0 Å². The van der Waals surface area contributed by atoms with Crippen molar-refractivity contribution >= 4 is 38.6 Å². The molecule has 0 saturated carbocycles. The molecule has 0 bridgehead atoms. The molecule has 178 valence electrons. The SMILES string of the molecule is Cc1ccc(N(CC(=O)N/N=C\c2c(O)ccc3ccccc23)S(=O)(=O)c2ccc(C)cc2)cc1. The summed E-state index contributed by atoms with van der Waals surface area (Å²) >= 11 is 0. The van der Waals surface area contributed by atoms with Gasteiger partial charge < -0.3 is 5.11 Å². The standard InChI is InChI=1S/C27H25N3O4S/c1-19-7-12-22(13-8-19)30(35(33,34)23-14-9-20(2)10-15-23)18-27(32)29-28-17-25-24-6-4-3-5-21(24)11-16-26(25)31/h3-17,31H,18H2,1-2H3,(H,29,32)/b28-17-. The monoisotopic (exact) mass is 487 g/mol. The normalized spacial score (nSPS) is 11.6. The number of anilines is 1. The molecule has 0 unspecified atom stereocenters. The molecule has 1 amide bonds. The van der Waals surface area contributed by atoms with E-state index in [9.17, 15) is 18.3 Å². The summed E-state index contributed by atoms with van der Waals surface area (Å²) in [5.74, 6) is -0.609. The summed E-state index contributed by atoms with van der Waals surface area (Å²) in [5.41, 5.74) is 5.08. The molecule has 2 N–H and O–H groups in total. The van der Waals surface area contributed by atoms with E-state index in [4.69, 9.17) is 0 Å². The van der Waals surface area contributed by atoms with E-state index in [1.54, 1.807) is 48.5 Å². The fraction of sp³-hybridized carbons (Fsp3) is 0.111. The molecule has 8 heteroatoms. The van der Waals surface area contributed by atoms with Gasteiger partial charge in [-0.05, 0) is 55.0 Å². The van der Waals surface area contributed by atoms with E-state index in [0.29, 0.717) is 11.3 Å². The average Bonchev–Trinajstić information content (AvgIpc) is 2.85. The minimum absolute atomic E-state index is 0.0185. The van der Waals surface area contributed by atoms with Crippen molar-refractivity contribution in [3.63, 3.8) is 0 Å². The van der Waals surface area contributed by atoms with Crippen LogP contribution in [0.1, 0.15) is 16.7 Å². The summed E-state index contributed by atoms with van der Waals surface area (Å²) in [6, 6.07) is 24.2. The number of benzene rings is 4. The quantitative estimate of drug-likeness (QED) is 0.296. The number of phenolic OH excluding ortho intramolecular Hbond substituents is 1. The molecule has 4 aromatic carbocycles. The maximum Gasteiger partial charge on any atom is 0.264 e. The highest BCUT2D eigenvalue weighted by molar-refractivity contribution is 7.92. The van der Waals surface area contributed by atoms with Crippen LogP contribution in [0.2, 0.25) is 0 Å². The van der Waals surface area contributed by atoms with Crippen LogP contribution in [0.3, 0.4) is 0 Å². The molecule has 0 atom stereocenters.